The first kappa shape index (κ1) is 15.0. The third kappa shape index (κ3) is 3.18. The van der Waals surface area contributed by atoms with Gasteiger partial charge >= 0.3 is 0 Å². The van der Waals surface area contributed by atoms with Crippen molar-refractivity contribution in [2.75, 3.05) is 0 Å². The van der Waals surface area contributed by atoms with E-state index >= 15 is 0 Å². The molecule has 108 valence electrons. The van der Waals surface area contributed by atoms with Gasteiger partial charge in [-0.15, -0.1) is 0 Å². The molecule has 0 spiro atoms. The summed E-state index contributed by atoms with van der Waals surface area (Å²) in [7, 11) is 0. The van der Waals surface area contributed by atoms with Crippen LogP contribution >= 0.6 is 12.2 Å². The number of hydrogen-bond donors (Lipinski definition) is 1. The lowest BCUT2D eigenvalue weighted by atomic mass is 9.85. The Hall–Kier alpha value is -1.42. The number of H-pyrrole nitrogens is 1. The SMILES string of the molecule is CC(C)C(Cn1c(-c2ccccc2)n[nH]c1=S)C(C)C. The maximum absolute atomic E-state index is 5.41. The molecule has 2 aromatic rings. The van der Waals surface area contributed by atoms with Crippen molar-refractivity contribution in [2.24, 2.45) is 17.8 Å². The zero-order valence-corrected chi connectivity index (χ0v) is 13.4. The highest BCUT2D eigenvalue weighted by molar-refractivity contribution is 7.71. The highest BCUT2D eigenvalue weighted by Gasteiger charge is 2.20. The molecule has 0 aliphatic heterocycles. The smallest absolute Gasteiger partial charge is 0.195 e. The highest BCUT2D eigenvalue weighted by atomic mass is 32.1. The summed E-state index contributed by atoms with van der Waals surface area (Å²) in [4.78, 5) is 0. The van der Waals surface area contributed by atoms with Crippen molar-refractivity contribution in [3.05, 3.63) is 35.1 Å². The maximum Gasteiger partial charge on any atom is 0.195 e. The molecule has 0 radical (unpaired) electrons. The van der Waals surface area contributed by atoms with Crippen LogP contribution in [-0.2, 0) is 6.54 Å². The number of hydrogen-bond acceptors (Lipinski definition) is 2. The monoisotopic (exact) mass is 289 g/mol. The summed E-state index contributed by atoms with van der Waals surface area (Å²) in [5.41, 5.74) is 1.10. The predicted octanol–water partition coefficient (Wildman–Crippen LogP) is 4.54. The van der Waals surface area contributed by atoms with Crippen LogP contribution in [0.4, 0.5) is 0 Å². The minimum Gasteiger partial charge on any atom is -0.300 e. The molecule has 1 N–H and O–H groups in total. The molecule has 1 aromatic carbocycles. The first-order chi connectivity index (χ1) is 9.50. The standard InChI is InChI=1S/C16H23N3S/c1-11(2)14(12(3)4)10-19-15(17-18-16(19)20)13-8-6-5-7-9-13/h5-9,11-12,14H,10H2,1-4H3,(H,18,20). The molecule has 0 aliphatic rings. The van der Waals surface area contributed by atoms with Gasteiger partial charge in [0.15, 0.2) is 10.6 Å². The molecule has 1 aromatic heterocycles. The predicted molar refractivity (Wildman–Crippen MR) is 86.0 cm³/mol. The van der Waals surface area contributed by atoms with E-state index in [0.717, 1.165) is 17.9 Å². The fourth-order valence-corrected chi connectivity index (χ4v) is 2.90. The van der Waals surface area contributed by atoms with Gasteiger partial charge in [0.2, 0.25) is 0 Å². The van der Waals surface area contributed by atoms with Crippen LogP contribution in [0, 0.1) is 22.5 Å². The van der Waals surface area contributed by atoms with Crippen LogP contribution in [-0.4, -0.2) is 14.8 Å². The Labute approximate surface area is 126 Å². The van der Waals surface area contributed by atoms with Crippen LogP contribution in [0.2, 0.25) is 0 Å². The zero-order chi connectivity index (χ0) is 14.7. The topological polar surface area (TPSA) is 33.6 Å². The van der Waals surface area contributed by atoms with E-state index in [4.69, 9.17) is 12.2 Å². The molecule has 2 rings (SSSR count). The van der Waals surface area contributed by atoms with E-state index in [-0.39, 0.29) is 0 Å². The molecule has 0 saturated heterocycles. The van der Waals surface area contributed by atoms with Gasteiger partial charge in [0, 0.05) is 12.1 Å². The summed E-state index contributed by atoms with van der Waals surface area (Å²) >= 11 is 5.41. The number of nitrogens with one attached hydrogen (secondary N) is 1. The van der Waals surface area contributed by atoms with Gasteiger partial charge in [0.25, 0.3) is 0 Å². The molecular weight excluding hydrogens is 266 g/mol. The molecule has 0 fully saturated rings. The Bertz CT molecular complexity index is 588. The third-order valence-corrected chi connectivity index (χ3v) is 4.21. The Morgan fingerprint density at radius 1 is 1.10 bits per heavy atom. The molecule has 4 heteroatoms. The minimum absolute atomic E-state index is 0.585. The molecule has 0 bridgehead atoms. The van der Waals surface area contributed by atoms with Crippen LogP contribution in [0.3, 0.4) is 0 Å². The lowest BCUT2D eigenvalue weighted by Gasteiger charge is -2.25. The van der Waals surface area contributed by atoms with Crippen LogP contribution < -0.4 is 0 Å². The van der Waals surface area contributed by atoms with Crippen molar-refractivity contribution in [3.63, 3.8) is 0 Å². The van der Waals surface area contributed by atoms with E-state index < -0.39 is 0 Å². The zero-order valence-electron chi connectivity index (χ0n) is 12.6. The van der Waals surface area contributed by atoms with Gasteiger partial charge in [-0.3, -0.25) is 9.67 Å². The van der Waals surface area contributed by atoms with Gasteiger partial charge in [-0.05, 0) is 30.0 Å². The Morgan fingerprint density at radius 3 is 2.25 bits per heavy atom. The van der Waals surface area contributed by atoms with E-state index in [1.54, 1.807) is 0 Å². The summed E-state index contributed by atoms with van der Waals surface area (Å²) in [5.74, 6) is 2.76. The summed E-state index contributed by atoms with van der Waals surface area (Å²) < 4.78 is 2.84. The average molecular weight is 289 g/mol. The van der Waals surface area contributed by atoms with Gasteiger partial charge in [-0.25, -0.2) is 0 Å². The number of aromatic nitrogens is 3. The van der Waals surface area contributed by atoms with Crippen molar-refractivity contribution in [1.29, 1.82) is 0 Å². The average Bonchev–Trinajstić information content (AvgIpc) is 2.77. The van der Waals surface area contributed by atoms with Gasteiger partial charge in [-0.2, -0.15) is 5.10 Å². The number of benzene rings is 1. The van der Waals surface area contributed by atoms with Gasteiger partial charge in [-0.1, -0.05) is 58.0 Å². The van der Waals surface area contributed by atoms with Crippen molar-refractivity contribution in [2.45, 2.75) is 34.2 Å². The molecule has 20 heavy (non-hydrogen) atoms. The van der Waals surface area contributed by atoms with Crippen LogP contribution in [0.15, 0.2) is 30.3 Å². The molecule has 0 amide bonds. The van der Waals surface area contributed by atoms with Gasteiger partial charge in [0.05, 0.1) is 0 Å². The molecule has 0 atom stereocenters. The fourth-order valence-electron chi connectivity index (χ4n) is 2.70. The molecule has 0 aliphatic carbocycles. The second-order valence-electron chi connectivity index (χ2n) is 5.98. The first-order valence-corrected chi connectivity index (χ1v) is 7.62. The largest absolute Gasteiger partial charge is 0.300 e. The second-order valence-corrected chi connectivity index (χ2v) is 6.37. The normalized spacial score (nSPS) is 11.8. The van der Waals surface area contributed by atoms with Crippen molar-refractivity contribution < 1.29 is 0 Å². The van der Waals surface area contributed by atoms with Crippen molar-refractivity contribution >= 4 is 12.2 Å². The number of aromatic amines is 1. The first-order valence-electron chi connectivity index (χ1n) is 7.21. The molecule has 0 saturated carbocycles. The Balaban J connectivity index is 2.38. The third-order valence-electron chi connectivity index (χ3n) is 3.90. The molecule has 0 unspecified atom stereocenters. The highest BCUT2D eigenvalue weighted by Crippen LogP contribution is 2.25. The Morgan fingerprint density at radius 2 is 1.70 bits per heavy atom. The van der Waals surface area contributed by atoms with Gasteiger partial charge in [0.1, 0.15) is 0 Å². The van der Waals surface area contributed by atoms with E-state index in [0.29, 0.717) is 22.5 Å². The van der Waals surface area contributed by atoms with E-state index in [2.05, 4.69) is 54.6 Å². The van der Waals surface area contributed by atoms with E-state index in [9.17, 15) is 0 Å². The lowest BCUT2D eigenvalue weighted by molar-refractivity contribution is 0.251. The number of rotatable bonds is 5. The maximum atomic E-state index is 5.41. The minimum atomic E-state index is 0.585. The number of nitrogens with zero attached hydrogens (tertiary/aromatic N) is 2. The fraction of sp³-hybridized carbons (Fsp3) is 0.500. The summed E-state index contributed by atoms with van der Waals surface area (Å²) in [5, 5.41) is 7.34. The van der Waals surface area contributed by atoms with Crippen molar-refractivity contribution in [1.82, 2.24) is 14.8 Å². The second kappa shape index (κ2) is 6.35. The molecular formula is C16H23N3S. The quantitative estimate of drug-likeness (QED) is 0.820. The Kier molecular flexibility index (Phi) is 4.76. The lowest BCUT2D eigenvalue weighted by Crippen LogP contribution is -2.22. The van der Waals surface area contributed by atoms with Crippen LogP contribution in [0.25, 0.3) is 11.4 Å². The van der Waals surface area contributed by atoms with Crippen LogP contribution in [0.1, 0.15) is 27.7 Å². The summed E-state index contributed by atoms with van der Waals surface area (Å²) in [6.07, 6.45) is 0. The summed E-state index contributed by atoms with van der Waals surface area (Å²) in [6, 6.07) is 10.2. The molecule has 3 nitrogen and oxygen atoms in total. The van der Waals surface area contributed by atoms with Crippen LogP contribution in [0.5, 0.6) is 0 Å². The van der Waals surface area contributed by atoms with E-state index in [1.807, 2.05) is 18.2 Å². The van der Waals surface area contributed by atoms with Crippen molar-refractivity contribution in [3.8, 4) is 11.4 Å². The van der Waals surface area contributed by atoms with E-state index in [1.165, 1.54) is 0 Å². The molecule has 1 heterocycles. The summed E-state index contributed by atoms with van der Waals surface area (Å²) in [6.45, 7) is 10.0. The van der Waals surface area contributed by atoms with Gasteiger partial charge < -0.3 is 0 Å².